The standard InChI is InChI=1S/C12H17NO4S2/c1-9-3-4-12(7-10(9)2)19(16,17)13-11-5-6-18(14,15)8-11/h3-4,7,11,13H,5-6,8H2,1-2H3/t11-/m1/s1. The normalized spacial score (nSPS) is 22.5. The van der Waals surface area contributed by atoms with Crippen molar-refractivity contribution in [2.24, 2.45) is 0 Å². The smallest absolute Gasteiger partial charge is 0.229 e. The molecule has 0 amide bonds. The number of hydrogen-bond acceptors (Lipinski definition) is 4. The van der Waals surface area contributed by atoms with Crippen molar-refractivity contribution in [1.82, 2.24) is 4.72 Å². The van der Waals surface area contributed by atoms with Gasteiger partial charge in [-0.1, -0.05) is 6.07 Å². The molecule has 0 aliphatic carbocycles. The van der Waals surface area contributed by atoms with Crippen molar-refractivity contribution in [3.05, 3.63) is 29.3 Å². The van der Waals surface area contributed by atoms with E-state index in [0.29, 0.717) is 6.42 Å². The van der Waals surface area contributed by atoms with Gasteiger partial charge in [0.1, 0.15) is 0 Å². The van der Waals surface area contributed by atoms with Crippen LogP contribution in [0.1, 0.15) is 17.5 Å². The van der Waals surface area contributed by atoms with Crippen LogP contribution < -0.4 is 4.72 Å². The number of sulfonamides is 1. The molecule has 0 saturated carbocycles. The summed E-state index contributed by atoms with van der Waals surface area (Å²) in [5, 5.41) is 0. The van der Waals surface area contributed by atoms with E-state index in [9.17, 15) is 16.8 Å². The second-order valence-electron chi connectivity index (χ2n) is 4.97. The molecule has 1 atom stereocenters. The topological polar surface area (TPSA) is 80.3 Å². The zero-order valence-corrected chi connectivity index (χ0v) is 12.5. The van der Waals surface area contributed by atoms with Gasteiger partial charge in [0.15, 0.2) is 9.84 Å². The fourth-order valence-corrected chi connectivity index (χ4v) is 5.19. The highest BCUT2D eigenvalue weighted by Crippen LogP contribution is 2.18. The maximum atomic E-state index is 12.2. The molecule has 5 nitrogen and oxygen atoms in total. The quantitative estimate of drug-likeness (QED) is 0.894. The molecular formula is C12H17NO4S2. The van der Waals surface area contributed by atoms with Crippen LogP contribution in [0.2, 0.25) is 0 Å². The van der Waals surface area contributed by atoms with E-state index in [2.05, 4.69) is 4.72 Å². The predicted molar refractivity (Wildman–Crippen MR) is 73.3 cm³/mol. The van der Waals surface area contributed by atoms with Gasteiger partial charge in [-0.25, -0.2) is 21.6 Å². The van der Waals surface area contributed by atoms with Crippen molar-refractivity contribution >= 4 is 19.9 Å². The number of nitrogens with one attached hydrogen (secondary N) is 1. The minimum Gasteiger partial charge on any atom is -0.229 e. The summed E-state index contributed by atoms with van der Waals surface area (Å²) in [4.78, 5) is 0.180. The number of aryl methyl sites for hydroxylation is 2. The second kappa shape index (κ2) is 4.88. The third kappa shape index (κ3) is 3.34. The van der Waals surface area contributed by atoms with Gasteiger partial charge in [-0.2, -0.15) is 0 Å². The molecular weight excluding hydrogens is 286 g/mol. The molecule has 19 heavy (non-hydrogen) atoms. The zero-order valence-electron chi connectivity index (χ0n) is 10.9. The van der Waals surface area contributed by atoms with E-state index in [-0.39, 0.29) is 16.4 Å². The van der Waals surface area contributed by atoms with E-state index in [1.807, 2.05) is 13.8 Å². The monoisotopic (exact) mass is 303 g/mol. The van der Waals surface area contributed by atoms with Gasteiger partial charge in [0.2, 0.25) is 10.0 Å². The van der Waals surface area contributed by atoms with Crippen LogP contribution in [-0.4, -0.2) is 34.4 Å². The molecule has 1 fully saturated rings. The molecule has 1 aromatic carbocycles. The molecule has 1 N–H and O–H groups in total. The number of benzene rings is 1. The van der Waals surface area contributed by atoms with Crippen molar-refractivity contribution in [3.63, 3.8) is 0 Å². The molecule has 7 heteroatoms. The van der Waals surface area contributed by atoms with Gasteiger partial charge in [0.05, 0.1) is 16.4 Å². The van der Waals surface area contributed by atoms with Crippen LogP contribution in [0.5, 0.6) is 0 Å². The van der Waals surface area contributed by atoms with Gasteiger partial charge in [0.25, 0.3) is 0 Å². The average Bonchev–Trinajstić information content (AvgIpc) is 2.61. The highest BCUT2D eigenvalue weighted by Gasteiger charge is 2.31. The highest BCUT2D eigenvalue weighted by molar-refractivity contribution is 7.92. The SMILES string of the molecule is Cc1ccc(S(=O)(=O)N[C@@H]2CCS(=O)(=O)C2)cc1C. The molecule has 0 radical (unpaired) electrons. The van der Waals surface area contributed by atoms with Crippen molar-refractivity contribution in [3.8, 4) is 0 Å². The van der Waals surface area contributed by atoms with Crippen LogP contribution in [0, 0.1) is 13.8 Å². The lowest BCUT2D eigenvalue weighted by molar-refractivity contribution is 0.562. The summed E-state index contributed by atoms with van der Waals surface area (Å²) in [5.74, 6) is -0.0653. The van der Waals surface area contributed by atoms with Gasteiger partial charge in [-0.15, -0.1) is 0 Å². The van der Waals surface area contributed by atoms with Gasteiger partial charge in [-0.3, -0.25) is 0 Å². The van der Waals surface area contributed by atoms with E-state index in [1.54, 1.807) is 12.1 Å². The first-order valence-electron chi connectivity index (χ1n) is 6.00. The van der Waals surface area contributed by atoms with Crippen LogP contribution in [0.3, 0.4) is 0 Å². The van der Waals surface area contributed by atoms with Crippen LogP contribution >= 0.6 is 0 Å². The first-order chi connectivity index (χ1) is 8.70. The van der Waals surface area contributed by atoms with Gasteiger partial charge in [0, 0.05) is 6.04 Å². The number of hydrogen-bond donors (Lipinski definition) is 1. The first kappa shape index (κ1) is 14.5. The van der Waals surface area contributed by atoms with Gasteiger partial charge < -0.3 is 0 Å². The van der Waals surface area contributed by atoms with E-state index in [1.165, 1.54) is 6.07 Å². The largest absolute Gasteiger partial charge is 0.240 e. The lowest BCUT2D eigenvalue weighted by atomic mass is 10.1. The van der Waals surface area contributed by atoms with Gasteiger partial charge >= 0.3 is 0 Å². The van der Waals surface area contributed by atoms with Crippen LogP contribution in [-0.2, 0) is 19.9 Å². The minimum absolute atomic E-state index is 0.0487. The molecule has 2 rings (SSSR count). The van der Waals surface area contributed by atoms with Crippen molar-refractivity contribution < 1.29 is 16.8 Å². The maximum absolute atomic E-state index is 12.2. The lowest BCUT2D eigenvalue weighted by Gasteiger charge is -2.12. The molecule has 1 aliphatic rings. The summed E-state index contributed by atoms with van der Waals surface area (Å²) < 4.78 is 49.4. The van der Waals surface area contributed by atoms with Crippen molar-refractivity contribution in [2.75, 3.05) is 11.5 Å². The summed E-state index contributed by atoms with van der Waals surface area (Å²) in [6.45, 7) is 3.75. The Bertz CT molecular complexity index is 692. The van der Waals surface area contributed by atoms with E-state index < -0.39 is 25.9 Å². The Morgan fingerprint density at radius 2 is 1.89 bits per heavy atom. The molecule has 106 valence electrons. The molecule has 0 bridgehead atoms. The molecule has 0 spiro atoms. The molecule has 0 aromatic heterocycles. The number of rotatable bonds is 3. The zero-order chi connectivity index (χ0) is 14.3. The summed E-state index contributed by atoms with van der Waals surface area (Å²) in [7, 11) is -6.74. The van der Waals surface area contributed by atoms with E-state index in [4.69, 9.17) is 0 Å². The number of sulfone groups is 1. The molecule has 1 heterocycles. The Morgan fingerprint density at radius 1 is 1.21 bits per heavy atom. The predicted octanol–water partition coefficient (Wildman–Crippen LogP) is 0.769. The van der Waals surface area contributed by atoms with Crippen LogP contribution in [0.15, 0.2) is 23.1 Å². The van der Waals surface area contributed by atoms with Crippen molar-refractivity contribution in [1.29, 1.82) is 0 Å². The maximum Gasteiger partial charge on any atom is 0.240 e. The molecule has 1 saturated heterocycles. The van der Waals surface area contributed by atoms with Crippen LogP contribution in [0.4, 0.5) is 0 Å². The average molecular weight is 303 g/mol. The summed E-state index contributed by atoms with van der Waals surface area (Å²) in [6, 6.07) is 4.36. The molecule has 0 unspecified atom stereocenters. The molecule has 1 aromatic rings. The molecule has 1 aliphatic heterocycles. The Morgan fingerprint density at radius 3 is 2.42 bits per heavy atom. The Labute approximate surface area is 114 Å². The minimum atomic E-state index is -3.65. The second-order valence-corrected chi connectivity index (χ2v) is 8.91. The third-order valence-electron chi connectivity index (χ3n) is 3.34. The fraction of sp³-hybridized carbons (Fsp3) is 0.500. The fourth-order valence-electron chi connectivity index (χ4n) is 2.06. The highest BCUT2D eigenvalue weighted by atomic mass is 32.2. The lowest BCUT2D eigenvalue weighted by Crippen LogP contribution is -2.35. The summed E-state index contributed by atoms with van der Waals surface area (Å²) in [5.41, 5.74) is 1.91. The van der Waals surface area contributed by atoms with E-state index >= 15 is 0 Å². The Kier molecular flexibility index (Phi) is 3.72. The van der Waals surface area contributed by atoms with Crippen LogP contribution in [0.25, 0.3) is 0 Å². The third-order valence-corrected chi connectivity index (χ3v) is 6.63. The summed E-state index contributed by atoms with van der Waals surface area (Å²) in [6.07, 6.45) is 0.340. The Hall–Kier alpha value is -0.920. The summed E-state index contributed by atoms with van der Waals surface area (Å²) >= 11 is 0. The van der Waals surface area contributed by atoms with Crippen molar-refractivity contribution in [2.45, 2.75) is 31.2 Å². The first-order valence-corrected chi connectivity index (χ1v) is 9.30. The van der Waals surface area contributed by atoms with Gasteiger partial charge in [-0.05, 0) is 43.5 Å². The Balaban J connectivity index is 2.21. The van der Waals surface area contributed by atoms with E-state index in [0.717, 1.165) is 11.1 Å².